The molecule has 3 aromatic rings. The third kappa shape index (κ3) is 2.47. The van der Waals surface area contributed by atoms with Gasteiger partial charge in [-0.15, -0.1) is 0 Å². The fourth-order valence-electron chi connectivity index (χ4n) is 4.03. The Labute approximate surface area is 158 Å². The highest BCUT2D eigenvalue weighted by atomic mass is 16.5. The molecule has 0 unspecified atom stereocenters. The molecule has 0 amide bonds. The van der Waals surface area contributed by atoms with E-state index in [-0.39, 0.29) is 11.4 Å². The number of allylic oxidation sites excluding steroid dienone is 1. The molecule has 0 saturated carbocycles. The summed E-state index contributed by atoms with van der Waals surface area (Å²) >= 11 is 0. The van der Waals surface area contributed by atoms with E-state index in [0.717, 1.165) is 40.6 Å². The van der Waals surface area contributed by atoms with Crippen molar-refractivity contribution in [3.8, 4) is 11.5 Å². The van der Waals surface area contributed by atoms with E-state index < -0.39 is 0 Å². The van der Waals surface area contributed by atoms with Crippen molar-refractivity contribution in [3.63, 3.8) is 0 Å². The second-order valence-corrected chi connectivity index (χ2v) is 7.93. The van der Waals surface area contributed by atoms with Gasteiger partial charge in [-0.05, 0) is 51.0 Å². The molecule has 0 radical (unpaired) electrons. The highest BCUT2D eigenvalue weighted by Crippen LogP contribution is 2.44. The molecule has 0 atom stereocenters. The van der Waals surface area contributed by atoms with Crippen LogP contribution < -0.4 is 9.47 Å². The number of aryl methyl sites for hydroxylation is 1. The van der Waals surface area contributed by atoms with Gasteiger partial charge in [-0.25, -0.2) is 0 Å². The fourth-order valence-corrected chi connectivity index (χ4v) is 4.03. The molecule has 27 heavy (non-hydrogen) atoms. The van der Waals surface area contributed by atoms with Crippen LogP contribution in [0.25, 0.3) is 17.0 Å². The van der Waals surface area contributed by atoms with Crippen LogP contribution in [0.5, 0.6) is 11.5 Å². The van der Waals surface area contributed by atoms with E-state index in [2.05, 4.69) is 30.5 Å². The zero-order chi connectivity index (χ0) is 18.8. The number of rotatable bonds is 1. The molecule has 2 aromatic carbocycles. The molecule has 0 N–H and O–H groups in total. The Morgan fingerprint density at radius 1 is 1.15 bits per heavy atom. The molecule has 2 aliphatic rings. The Balaban J connectivity index is 1.58. The zero-order valence-corrected chi connectivity index (χ0v) is 15.7. The van der Waals surface area contributed by atoms with Gasteiger partial charge in [0.1, 0.15) is 17.1 Å². The van der Waals surface area contributed by atoms with Crippen LogP contribution in [-0.2, 0) is 13.5 Å². The van der Waals surface area contributed by atoms with Gasteiger partial charge in [0.25, 0.3) is 0 Å². The molecule has 5 rings (SSSR count). The largest absolute Gasteiger partial charge is 0.487 e. The van der Waals surface area contributed by atoms with Crippen LogP contribution in [0.3, 0.4) is 0 Å². The van der Waals surface area contributed by atoms with Crippen LogP contribution in [0.2, 0.25) is 0 Å². The Kier molecular flexibility index (Phi) is 3.29. The van der Waals surface area contributed by atoms with Crippen LogP contribution in [0.4, 0.5) is 0 Å². The summed E-state index contributed by atoms with van der Waals surface area (Å²) in [5.74, 6) is 1.80. The minimum absolute atomic E-state index is 0.0643. The number of benzene rings is 2. The van der Waals surface area contributed by atoms with Crippen molar-refractivity contribution in [1.29, 1.82) is 0 Å². The van der Waals surface area contributed by atoms with Gasteiger partial charge in [-0.1, -0.05) is 18.2 Å². The van der Waals surface area contributed by atoms with E-state index in [1.54, 1.807) is 0 Å². The Bertz CT molecular complexity index is 1130. The van der Waals surface area contributed by atoms with Gasteiger partial charge >= 0.3 is 0 Å². The first kappa shape index (κ1) is 16.2. The van der Waals surface area contributed by atoms with Crippen molar-refractivity contribution < 1.29 is 14.3 Å². The first-order valence-corrected chi connectivity index (χ1v) is 9.26. The maximum Gasteiger partial charge on any atom is 0.231 e. The van der Waals surface area contributed by atoms with Gasteiger partial charge in [0.05, 0.1) is 5.56 Å². The molecule has 0 bridgehead atoms. The Morgan fingerprint density at radius 3 is 2.81 bits per heavy atom. The number of aromatic nitrogens is 1. The zero-order valence-electron chi connectivity index (χ0n) is 15.7. The van der Waals surface area contributed by atoms with E-state index >= 15 is 0 Å². The van der Waals surface area contributed by atoms with Gasteiger partial charge < -0.3 is 14.0 Å². The van der Waals surface area contributed by atoms with Crippen LogP contribution in [0.15, 0.2) is 48.4 Å². The summed E-state index contributed by atoms with van der Waals surface area (Å²) in [5.41, 5.74) is 3.55. The number of para-hydroxylation sites is 1. The third-order valence-corrected chi connectivity index (χ3v) is 5.48. The minimum Gasteiger partial charge on any atom is -0.487 e. The lowest BCUT2D eigenvalue weighted by Gasteiger charge is -2.33. The lowest BCUT2D eigenvalue weighted by Crippen LogP contribution is -2.32. The number of nitrogens with zero attached hydrogens (tertiary/aromatic N) is 1. The summed E-state index contributed by atoms with van der Waals surface area (Å²) in [7, 11) is 2.01. The van der Waals surface area contributed by atoms with E-state index in [0.29, 0.717) is 17.1 Å². The number of hydrogen-bond acceptors (Lipinski definition) is 3. The Hall–Kier alpha value is -3.01. The number of fused-ring (bicyclic) bond motifs is 4. The summed E-state index contributed by atoms with van der Waals surface area (Å²) < 4.78 is 14.2. The monoisotopic (exact) mass is 359 g/mol. The van der Waals surface area contributed by atoms with E-state index in [9.17, 15) is 4.79 Å². The van der Waals surface area contributed by atoms with Crippen molar-refractivity contribution in [2.24, 2.45) is 7.05 Å². The summed E-state index contributed by atoms with van der Waals surface area (Å²) in [6, 6.07) is 11.9. The maximum absolute atomic E-state index is 12.9. The van der Waals surface area contributed by atoms with Crippen molar-refractivity contribution in [3.05, 3.63) is 65.0 Å². The number of hydrogen-bond donors (Lipinski definition) is 0. The highest BCUT2D eigenvalue weighted by Gasteiger charge is 2.35. The molecule has 0 spiro atoms. The standard InChI is InChI=1S/C23H21NO3/c1-23(2)11-10-16-19(27-23)9-8-17-21(25)20(26-22(16)17)12-14-13-24(3)18-7-5-4-6-15(14)18/h4-9,12-13H,10-11H2,1-3H3/b20-12-. The van der Waals surface area contributed by atoms with Gasteiger partial charge in [0.15, 0.2) is 5.76 Å². The smallest absolute Gasteiger partial charge is 0.231 e. The lowest BCUT2D eigenvalue weighted by atomic mass is 9.92. The summed E-state index contributed by atoms with van der Waals surface area (Å²) in [4.78, 5) is 12.9. The molecule has 4 nitrogen and oxygen atoms in total. The van der Waals surface area contributed by atoms with E-state index in [1.807, 2.05) is 43.6 Å². The van der Waals surface area contributed by atoms with E-state index in [4.69, 9.17) is 9.47 Å². The molecule has 4 heteroatoms. The average Bonchev–Trinajstić information content (AvgIpc) is 3.12. The SMILES string of the molecule is Cn1cc(/C=C2\Oc3c(ccc4c3CCC(C)(C)O4)C2=O)c2ccccc21. The van der Waals surface area contributed by atoms with Crippen LogP contribution in [0, 0.1) is 0 Å². The summed E-state index contributed by atoms with van der Waals surface area (Å²) in [5, 5.41) is 1.10. The molecule has 0 saturated heterocycles. The van der Waals surface area contributed by atoms with Crippen molar-refractivity contribution in [2.75, 3.05) is 0 Å². The highest BCUT2D eigenvalue weighted by molar-refractivity contribution is 6.15. The molecule has 3 heterocycles. The molecular weight excluding hydrogens is 338 g/mol. The Morgan fingerprint density at radius 2 is 1.96 bits per heavy atom. The molecule has 1 aromatic heterocycles. The average molecular weight is 359 g/mol. The fraction of sp³-hybridized carbons (Fsp3) is 0.261. The van der Waals surface area contributed by atoms with Crippen LogP contribution >= 0.6 is 0 Å². The number of Topliss-reactive ketones (excluding diaryl/α,β-unsaturated/α-hetero) is 1. The van der Waals surface area contributed by atoms with E-state index in [1.165, 1.54) is 0 Å². The summed E-state index contributed by atoms with van der Waals surface area (Å²) in [6.07, 6.45) is 5.62. The first-order chi connectivity index (χ1) is 12.9. The van der Waals surface area contributed by atoms with Crippen LogP contribution in [0.1, 0.15) is 41.8 Å². The number of ketones is 1. The van der Waals surface area contributed by atoms with Gasteiger partial charge in [0.2, 0.25) is 5.78 Å². The minimum atomic E-state index is -0.189. The normalized spacial score (nSPS) is 18.9. The van der Waals surface area contributed by atoms with Crippen molar-refractivity contribution in [2.45, 2.75) is 32.3 Å². The predicted molar refractivity (Wildman–Crippen MR) is 105 cm³/mol. The quantitative estimate of drug-likeness (QED) is 0.580. The molecule has 2 aliphatic heterocycles. The van der Waals surface area contributed by atoms with Gasteiger partial charge in [-0.2, -0.15) is 0 Å². The van der Waals surface area contributed by atoms with Crippen molar-refractivity contribution >= 4 is 22.8 Å². The van der Waals surface area contributed by atoms with Gasteiger partial charge in [-0.3, -0.25) is 4.79 Å². The number of carbonyl (C=O) groups is 1. The molecule has 0 aliphatic carbocycles. The molecule has 136 valence electrons. The molecular formula is C23H21NO3. The van der Waals surface area contributed by atoms with Crippen molar-refractivity contribution in [1.82, 2.24) is 4.57 Å². The van der Waals surface area contributed by atoms with Gasteiger partial charge in [0, 0.05) is 35.3 Å². The maximum atomic E-state index is 12.9. The first-order valence-electron chi connectivity index (χ1n) is 9.26. The third-order valence-electron chi connectivity index (χ3n) is 5.48. The lowest BCUT2D eigenvalue weighted by molar-refractivity contribution is 0.0838. The number of ether oxygens (including phenoxy) is 2. The second kappa shape index (κ2) is 5.49. The predicted octanol–water partition coefficient (Wildman–Crippen LogP) is 4.90. The molecule has 0 fully saturated rings. The second-order valence-electron chi connectivity index (χ2n) is 7.93. The van der Waals surface area contributed by atoms with Crippen LogP contribution in [-0.4, -0.2) is 16.0 Å². The number of carbonyl (C=O) groups excluding carboxylic acids is 1. The summed E-state index contributed by atoms with van der Waals surface area (Å²) in [6.45, 7) is 4.17. The topological polar surface area (TPSA) is 40.5 Å².